The van der Waals surface area contributed by atoms with Crippen molar-refractivity contribution in [3.63, 3.8) is 0 Å². The van der Waals surface area contributed by atoms with E-state index in [2.05, 4.69) is 33.8 Å². The minimum Gasteiger partial charge on any atom is -0.393 e. The van der Waals surface area contributed by atoms with Crippen LogP contribution in [-0.2, 0) is 9.63 Å². The van der Waals surface area contributed by atoms with Gasteiger partial charge in [-0.3, -0.25) is 9.63 Å². The fourth-order valence-corrected chi connectivity index (χ4v) is 9.32. The highest BCUT2D eigenvalue weighted by Gasteiger charge is 2.59. The first-order valence-electron chi connectivity index (χ1n) is 14.1. The number of hydrogen-bond acceptors (Lipinski definition) is 3. The Morgan fingerprint density at radius 2 is 2.00 bits per heavy atom. The maximum absolute atomic E-state index is 12.8. The maximum Gasteiger partial charge on any atom is 0.246 e. The molecule has 1 aliphatic heterocycles. The summed E-state index contributed by atoms with van der Waals surface area (Å²) in [5.41, 5.74) is 2.32. The summed E-state index contributed by atoms with van der Waals surface area (Å²) >= 11 is 0. The van der Waals surface area contributed by atoms with Crippen molar-refractivity contribution in [3.8, 4) is 0 Å². The van der Waals surface area contributed by atoms with Gasteiger partial charge in [-0.15, -0.1) is 0 Å². The van der Waals surface area contributed by atoms with E-state index in [0.717, 1.165) is 62.3 Å². The SMILES string of the molecule is CC(CCC(=O)N1CCC[C@@H](C)O1)[C@H]1CC[C@H]2[C@@H]3CC=C4C[C@@H](O)CC[C@]4(C)[C@H]3CC[C@]12C. The molecule has 0 aromatic heterocycles. The molecule has 0 spiro atoms. The quantitative estimate of drug-likeness (QED) is 0.505. The van der Waals surface area contributed by atoms with E-state index in [0.29, 0.717) is 23.2 Å². The van der Waals surface area contributed by atoms with E-state index in [1.165, 1.54) is 38.5 Å². The van der Waals surface area contributed by atoms with Gasteiger partial charge >= 0.3 is 0 Å². The summed E-state index contributed by atoms with van der Waals surface area (Å²) in [6.07, 6.45) is 16.0. The molecule has 33 heavy (non-hydrogen) atoms. The third kappa shape index (κ3) is 4.11. The zero-order valence-corrected chi connectivity index (χ0v) is 21.5. The number of hydrogen-bond donors (Lipinski definition) is 1. The maximum atomic E-state index is 12.8. The second-order valence-electron chi connectivity index (χ2n) is 13.0. The number of carbonyl (C=O) groups excluding carboxylic acids is 1. The van der Waals surface area contributed by atoms with E-state index >= 15 is 0 Å². The van der Waals surface area contributed by atoms with Crippen LogP contribution < -0.4 is 0 Å². The molecular weight excluding hydrogens is 410 g/mol. The molecule has 4 heteroatoms. The Morgan fingerprint density at radius 1 is 1.18 bits per heavy atom. The summed E-state index contributed by atoms with van der Waals surface area (Å²) in [7, 11) is 0. The molecule has 4 nitrogen and oxygen atoms in total. The second kappa shape index (κ2) is 8.97. The van der Waals surface area contributed by atoms with Crippen LogP contribution in [0.15, 0.2) is 11.6 Å². The van der Waals surface area contributed by atoms with Crippen molar-refractivity contribution in [2.75, 3.05) is 6.54 Å². The monoisotopic (exact) mass is 457 g/mol. The summed E-state index contributed by atoms with van der Waals surface area (Å²) in [6.45, 7) is 10.4. The first-order chi connectivity index (χ1) is 15.7. The molecule has 1 heterocycles. The summed E-state index contributed by atoms with van der Waals surface area (Å²) in [5, 5.41) is 11.9. The van der Waals surface area contributed by atoms with Crippen LogP contribution in [0, 0.1) is 40.4 Å². The molecule has 3 saturated carbocycles. The molecule has 9 atom stereocenters. The Morgan fingerprint density at radius 3 is 2.79 bits per heavy atom. The predicted molar refractivity (Wildman–Crippen MR) is 131 cm³/mol. The lowest BCUT2D eigenvalue weighted by Gasteiger charge is -2.58. The number of fused-ring (bicyclic) bond motifs is 5. The van der Waals surface area contributed by atoms with Crippen molar-refractivity contribution in [2.45, 2.75) is 117 Å². The number of aliphatic hydroxyl groups is 1. The largest absolute Gasteiger partial charge is 0.393 e. The molecule has 1 N–H and O–H groups in total. The summed E-state index contributed by atoms with van der Waals surface area (Å²) < 4.78 is 0. The highest BCUT2D eigenvalue weighted by Crippen LogP contribution is 2.67. The molecule has 186 valence electrons. The second-order valence-corrected chi connectivity index (χ2v) is 13.0. The molecular formula is C29H47NO3. The van der Waals surface area contributed by atoms with Crippen molar-refractivity contribution in [1.29, 1.82) is 0 Å². The van der Waals surface area contributed by atoms with E-state index in [4.69, 9.17) is 4.84 Å². The van der Waals surface area contributed by atoms with Crippen molar-refractivity contribution in [3.05, 3.63) is 11.6 Å². The van der Waals surface area contributed by atoms with Crippen LogP contribution >= 0.6 is 0 Å². The van der Waals surface area contributed by atoms with Gasteiger partial charge in [0.15, 0.2) is 0 Å². The van der Waals surface area contributed by atoms with Crippen LogP contribution in [0.5, 0.6) is 0 Å². The molecule has 0 radical (unpaired) electrons. The van der Waals surface area contributed by atoms with Gasteiger partial charge < -0.3 is 5.11 Å². The average Bonchev–Trinajstić information content (AvgIpc) is 3.15. The van der Waals surface area contributed by atoms with E-state index in [1.54, 1.807) is 10.6 Å². The topological polar surface area (TPSA) is 49.8 Å². The standard InChI is InChI=1S/C29H47NO3/c1-19(7-12-27(32)30-17-5-6-20(2)33-30)24-10-11-25-23-9-8-21-18-22(31)13-15-28(21,3)26(23)14-16-29(24,25)4/h8,19-20,22-26,31H,5-7,9-18H2,1-4H3/t19?,20-,22+,23+,24-,25+,26+,28+,29-/m1/s1. The Balaban J connectivity index is 1.24. The van der Waals surface area contributed by atoms with Gasteiger partial charge in [-0.25, -0.2) is 5.06 Å². The molecule has 5 aliphatic rings. The van der Waals surface area contributed by atoms with Gasteiger partial charge in [0, 0.05) is 13.0 Å². The van der Waals surface area contributed by atoms with Gasteiger partial charge in [-0.05, 0) is 118 Å². The number of allylic oxidation sites excluding steroid dienone is 1. The highest BCUT2D eigenvalue weighted by molar-refractivity contribution is 5.75. The van der Waals surface area contributed by atoms with Gasteiger partial charge in [0.1, 0.15) is 0 Å². The van der Waals surface area contributed by atoms with E-state index in [-0.39, 0.29) is 18.1 Å². The first kappa shape index (κ1) is 23.9. The Bertz CT molecular complexity index is 779. The molecule has 0 bridgehead atoms. The number of hydroxylamine groups is 2. The Kier molecular flexibility index (Phi) is 6.48. The minimum absolute atomic E-state index is 0.118. The molecule has 4 aliphatic carbocycles. The number of aliphatic hydroxyl groups excluding tert-OH is 1. The molecule has 0 aromatic rings. The van der Waals surface area contributed by atoms with Crippen molar-refractivity contribution >= 4 is 5.91 Å². The number of carbonyl (C=O) groups is 1. The van der Waals surface area contributed by atoms with Gasteiger partial charge in [-0.2, -0.15) is 0 Å². The predicted octanol–water partition coefficient (Wildman–Crippen LogP) is 6.29. The van der Waals surface area contributed by atoms with Gasteiger partial charge in [0.25, 0.3) is 0 Å². The first-order valence-corrected chi connectivity index (χ1v) is 14.1. The molecule has 1 amide bonds. The summed E-state index contributed by atoms with van der Waals surface area (Å²) in [4.78, 5) is 18.6. The molecule has 1 saturated heterocycles. The summed E-state index contributed by atoms with van der Waals surface area (Å²) in [5.74, 6) is 3.97. The lowest BCUT2D eigenvalue weighted by Crippen LogP contribution is -2.50. The fraction of sp³-hybridized carbons (Fsp3) is 0.897. The van der Waals surface area contributed by atoms with Crippen LogP contribution in [0.1, 0.15) is 105 Å². The van der Waals surface area contributed by atoms with Crippen LogP contribution in [0.3, 0.4) is 0 Å². The van der Waals surface area contributed by atoms with E-state index in [1.807, 2.05) is 0 Å². The molecule has 0 aromatic carbocycles. The fourth-order valence-electron chi connectivity index (χ4n) is 9.32. The van der Waals surface area contributed by atoms with Crippen LogP contribution in [0.2, 0.25) is 0 Å². The van der Waals surface area contributed by atoms with Crippen LogP contribution in [0.25, 0.3) is 0 Å². The molecule has 4 fully saturated rings. The average molecular weight is 458 g/mol. The lowest BCUT2D eigenvalue weighted by molar-refractivity contribution is -0.218. The minimum atomic E-state index is -0.118. The van der Waals surface area contributed by atoms with Gasteiger partial charge in [0.2, 0.25) is 5.91 Å². The normalized spacial score (nSPS) is 46.1. The van der Waals surface area contributed by atoms with E-state index < -0.39 is 0 Å². The van der Waals surface area contributed by atoms with Gasteiger partial charge in [-0.1, -0.05) is 32.4 Å². The smallest absolute Gasteiger partial charge is 0.246 e. The number of amides is 1. The Labute approximate surface area is 201 Å². The highest BCUT2D eigenvalue weighted by atomic mass is 16.7. The van der Waals surface area contributed by atoms with Crippen LogP contribution in [0.4, 0.5) is 0 Å². The Hall–Kier alpha value is -0.870. The number of rotatable bonds is 4. The number of nitrogens with zero attached hydrogens (tertiary/aromatic N) is 1. The zero-order valence-electron chi connectivity index (χ0n) is 21.5. The molecule has 5 rings (SSSR count). The third-order valence-electron chi connectivity index (χ3n) is 11.2. The van der Waals surface area contributed by atoms with Crippen LogP contribution in [-0.4, -0.2) is 34.8 Å². The zero-order chi connectivity index (χ0) is 23.4. The van der Waals surface area contributed by atoms with E-state index in [9.17, 15) is 9.90 Å². The van der Waals surface area contributed by atoms with Crippen molar-refractivity contribution in [1.82, 2.24) is 5.06 Å². The molecule has 1 unspecified atom stereocenters. The van der Waals surface area contributed by atoms with Crippen molar-refractivity contribution in [2.24, 2.45) is 40.4 Å². The van der Waals surface area contributed by atoms with Crippen molar-refractivity contribution < 1.29 is 14.7 Å². The van der Waals surface area contributed by atoms with Gasteiger partial charge in [0.05, 0.1) is 12.2 Å². The third-order valence-corrected chi connectivity index (χ3v) is 11.2. The summed E-state index contributed by atoms with van der Waals surface area (Å²) in [6, 6.07) is 0. The lowest BCUT2D eigenvalue weighted by atomic mass is 9.47.